The number of benzene rings is 4. The first kappa shape index (κ1) is 28.6. The molecule has 218 valence electrons. The van der Waals surface area contributed by atoms with Gasteiger partial charge in [0.2, 0.25) is 11.8 Å². The second kappa shape index (κ2) is 11.7. The first-order chi connectivity index (χ1) is 20.3. The van der Waals surface area contributed by atoms with Crippen LogP contribution in [0.2, 0.25) is 0 Å². The molecule has 0 saturated carbocycles. The predicted molar refractivity (Wildman–Crippen MR) is 171 cm³/mol. The SMILES string of the molecule is C[C@H](Cl)[C@@H]1CN(C(=O)CCCCCC(=O)N2C[C@@H](CCl)c3c2cc(O)c2ccccc32)c2cc(O)c3ccccc3c21. The fraction of sp³-hybridized carbons (Fsp3) is 0.353. The summed E-state index contributed by atoms with van der Waals surface area (Å²) >= 11 is 12.9. The molecule has 2 aliphatic heterocycles. The summed E-state index contributed by atoms with van der Waals surface area (Å²) in [5, 5.41) is 24.5. The van der Waals surface area contributed by atoms with Crippen LogP contribution in [0.5, 0.6) is 11.5 Å². The summed E-state index contributed by atoms with van der Waals surface area (Å²) in [5.41, 5.74) is 3.52. The monoisotopic (exact) mass is 604 g/mol. The smallest absolute Gasteiger partial charge is 0.227 e. The molecule has 0 bridgehead atoms. The van der Waals surface area contributed by atoms with Crippen molar-refractivity contribution < 1.29 is 19.8 Å². The molecule has 2 N–H and O–H groups in total. The van der Waals surface area contributed by atoms with Crippen molar-refractivity contribution in [3.8, 4) is 11.5 Å². The molecule has 42 heavy (non-hydrogen) atoms. The largest absolute Gasteiger partial charge is 0.507 e. The molecule has 0 radical (unpaired) electrons. The van der Waals surface area contributed by atoms with Gasteiger partial charge in [0, 0.05) is 71.9 Å². The molecule has 0 spiro atoms. The van der Waals surface area contributed by atoms with Crippen molar-refractivity contribution in [2.24, 2.45) is 0 Å². The second-order valence-electron chi connectivity index (χ2n) is 11.5. The van der Waals surface area contributed by atoms with E-state index < -0.39 is 0 Å². The van der Waals surface area contributed by atoms with Crippen LogP contribution in [0.1, 0.15) is 62.0 Å². The van der Waals surface area contributed by atoms with Crippen molar-refractivity contribution in [3.05, 3.63) is 71.8 Å². The number of hydrogen-bond donors (Lipinski definition) is 2. The molecule has 0 fully saturated rings. The highest BCUT2D eigenvalue weighted by Crippen LogP contribution is 2.48. The lowest BCUT2D eigenvalue weighted by molar-refractivity contribution is -0.119. The van der Waals surface area contributed by atoms with Crippen LogP contribution in [-0.4, -0.2) is 46.4 Å². The maximum atomic E-state index is 13.4. The second-order valence-corrected chi connectivity index (χ2v) is 12.4. The van der Waals surface area contributed by atoms with Crippen LogP contribution in [0.15, 0.2) is 60.7 Å². The van der Waals surface area contributed by atoms with Crippen molar-refractivity contribution in [2.75, 3.05) is 28.8 Å². The van der Waals surface area contributed by atoms with Gasteiger partial charge in [-0.15, -0.1) is 23.2 Å². The number of alkyl halides is 2. The molecule has 3 atom stereocenters. The van der Waals surface area contributed by atoms with Gasteiger partial charge >= 0.3 is 0 Å². The molecule has 4 aromatic rings. The third kappa shape index (κ3) is 4.95. The van der Waals surface area contributed by atoms with Gasteiger partial charge in [-0.3, -0.25) is 9.59 Å². The van der Waals surface area contributed by atoms with Gasteiger partial charge in [0.25, 0.3) is 0 Å². The Hall–Kier alpha value is -3.48. The van der Waals surface area contributed by atoms with Crippen LogP contribution in [0.3, 0.4) is 0 Å². The van der Waals surface area contributed by atoms with Crippen molar-refractivity contribution in [2.45, 2.75) is 56.2 Å². The average molecular weight is 606 g/mol. The molecule has 6 nitrogen and oxygen atoms in total. The van der Waals surface area contributed by atoms with E-state index in [9.17, 15) is 19.8 Å². The van der Waals surface area contributed by atoms with Gasteiger partial charge in [-0.2, -0.15) is 0 Å². The first-order valence-corrected chi connectivity index (χ1v) is 15.6. The lowest BCUT2D eigenvalue weighted by atomic mass is 9.92. The van der Waals surface area contributed by atoms with E-state index in [0.29, 0.717) is 44.7 Å². The number of hydrogen-bond acceptors (Lipinski definition) is 4. The van der Waals surface area contributed by atoms with Crippen LogP contribution in [-0.2, 0) is 9.59 Å². The predicted octanol–water partition coefficient (Wildman–Crippen LogP) is 7.78. The normalized spacial score (nSPS) is 18.5. The molecule has 2 aliphatic rings. The van der Waals surface area contributed by atoms with Gasteiger partial charge in [-0.25, -0.2) is 0 Å². The Kier molecular flexibility index (Phi) is 7.95. The lowest BCUT2D eigenvalue weighted by Crippen LogP contribution is -2.31. The summed E-state index contributed by atoms with van der Waals surface area (Å²) in [6.45, 7) is 2.93. The number of amides is 2. The molecule has 6 rings (SSSR count). The fourth-order valence-corrected chi connectivity index (χ4v) is 7.22. The average Bonchev–Trinajstić information content (AvgIpc) is 3.56. The molecule has 2 amide bonds. The summed E-state index contributed by atoms with van der Waals surface area (Å²) < 4.78 is 0. The minimum absolute atomic E-state index is 0.000334. The number of phenols is 2. The quantitative estimate of drug-likeness (QED) is 0.159. The Morgan fingerprint density at radius 3 is 1.79 bits per heavy atom. The van der Waals surface area contributed by atoms with Crippen LogP contribution in [0, 0.1) is 0 Å². The highest BCUT2D eigenvalue weighted by molar-refractivity contribution is 6.21. The number of unbranched alkanes of at least 4 members (excludes halogenated alkanes) is 2. The van der Waals surface area contributed by atoms with E-state index in [1.165, 1.54) is 0 Å². The van der Waals surface area contributed by atoms with Crippen LogP contribution in [0.25, 0.3) is 21.5 Å². The highest BCUT2D eigenvalue weighted by atomic mass is 35.5. The number of rotatable bonds is 8. The summed E-state index contributed by atoms with van der Waals surface area (Å²) in [6, 6.07) is 18.7. The molecular weight excluding hydrogens is 571 g/mol. The zero-order valence-electron chi connectivity index (χ0n) is 23.5. The number of halogens is 2. The van der Waals surface area contributed by atoms with Crippen LogP contribution in [0.4, 0.5) is 11.4 Å². The van der Waals surface area contributed by atoms with Gasteiger partial charge < -0.3 is 20.0 Å². The van der Waals surface area contributed by atoms with E-state index in [4.69, 9.17) is 23.2 Å². The third-order valence-electron chi connectivity index (χ3n) is 8.85. The fourth-order valence-electron chi connectivity index (χ4n) is 6.76. The number of carbonyl (C=O) groups excluding carboxylic acids is 2. The van der Waals surface area contributed by atoms with Gasteiger partial charge in [-0.05, 0) is 41.7 Å². The zero-order chi connectivity index (χ0) is 29.5. The highest BCUT2D eigenvalue weighted by Gasteiger charge is 2.37. The van der Waals surface area contributed by atoms with Gasteiger partial charge in [0.1, 0.15) is 11.5 Å². The molecule has 8 heteroatoms. The van der Waals surface area contributed by atoms with E-state index in [-0.39, 0.29) is 40.5 Å². The number of nitrogens with zero attached hydrogens (tertiary/aromatic N) is 2. The summed E-state index contributed by atoms with van der Waals surface area (Å²) in [5.74, 6) is 0.692. The van der Waals surface area contributed by atoms with Crippen molar-refractivity contribution in [3.63, 3.8) is 0 Å². The zero-order valence-corrected chi connectivity index (χ0v) is 25.0. The number of aromatic hydroxyl groups is 2. The standard InChI is InChI=1S/C34H34Cl2N2O4/c1-20(36)26-19-38(28-16-30(40)23-10-6-8-12-25(23)34(26)28)32(42)14-4-2-3-13-31(41)37-18-21(17-35)33-24-11-7-5-9-22(24)29(39)15-27(33)37/h5-12,15-16,20-21,26,39-40H,2-4,13-14,17-19H2,1H3/t20-,21+,26-/m0/s1. The summed E-state index contributed by atoms with van der Waals surface area (Å²) in [6.07, 6.45) is 2.76. The Morgan fingerprint density at radius 1 is 0.786 bits per heavy atom. The van der Waals surface area contributed by atoms with Crippen molar-refractivity contribution >= 4 is 67.9 Å². The number of fused-ring (bicyclic) bond motifs is 6. The van der Waals surface area contributed by atoms with E-state index in [1.807, 2.05) is 55.5 Å². The molecule has 2 heterocycles. The Labute approximate surface area is 255 Å². The van der Waals surface area contributed by atoms with Crippen molar-refractivity contribution in [1.82, 2.24) is 0 Å². The molecule has 0 aliphatic carbocycles. The Morgan fingerprint density at radius 2 is 1.26 bits per heavy atom. The third-order valence-corrected chi connectivity index (χ3v) is 9.53. The van der Waals surface area contributed by atoms with Gasteiger partial charge in [-0.1, -0.05) is 55.0 Å². The number of carbonyl (C=O) groups is 2. The molecule has 4 aromatic carbocycles. The van der Waals surface area contributed by atoms with Crippen LogP contribution < -0.4 is 9.80 Å². The molecule has 0 unspecified atom stereocenters. The Bertz CT molecular complexity index is 1690. The molecular formula is C34H34Cl2N2O4. The van der Waals surface area contributed by atoms with Crippen LogP contribution >= 0.6 is 23.2 Å². The number of anilines is 2. The van der Waals surface area contributed by atoms with Gasteiger partial charge in [0.05, 0.1) is 11.4 Å². The summed E-state index contributed by atoms with van der Waals surface area (Å²) in [7, 11) is 0. The van der Waals surface area contributed by atoms with Crippen molar-refractivity contribution in [1.29, 1.82) is 0 Å². The maximum Gasteiger partial charge on any atom is 0.227 e. The van der Waals surface area contributed by atoms with Gasteiger partial charge in [0.15, 0.2) is 0 Å². The van der Waals surface area contributed by atoms with E-state index in [0.717, 1.165) is 50.5 Å². The maximum absolute atomic E-state index is 13.4. The summed E-state index contributed by atoms with van der Waals surface area (Å²) in [4.78, 5) is 30.2. The Balaban J connectivity index is 1.09. The molecule has 0 aromatic heterocycles. The minimum atomic E-state index is -0.172. The molecule has 0 saturated heterocycles. The van der Waals surface area contributed by atoms with E-state index in [1.54, 1.807) is 21.9 Å². The lowest BCUT2D eigenvalue weighted by Gasteiger charge is -2.19. The number of phenolic OH excluding ortho intramolecular Hbond substituents is 2. The topological polar surface area (TPSA) is 81.1 Å². The van der Waals surface area contributed by atoms with E-state index >= 15 is 0 Å². The minimum Gasteiger partial charge on any atom is -0.507 e. The first-order valence-electron chi connectivity index (χ1n) is 14.6. The van der Waals surface area contributed by atoms with E-state index in [2.05, 4.69) is 0 Å².